The van der Waals surface area contributed by atoms with Crippen LogP contribution >= 0.6 is 0 Å². The first-order valence-corrected chi connectivity index (χ1v) is 12.4. The second-order valence-electron chi connectivity index (χ2n) is 10.0. The predicted octanol–water partition coefficient (Wildman–Crippen LogP) is 5.02. The van der Waals surface area contributed by atoms with Crippen molar-refractivity contribution in [3.05, 3.63) is 78.1 Å². The topological polar surface area (TPSA) is 83.2 Å². The van der Waals surface area contributed by atoms with Gasteiger partial charge < -0.3 is 15.0 Å². The van der Waals surface area contributed by atoms with Crippen LogP contribution in [0.15, 0.2) is 67.0 Å². The molecule has 35 heavy (non-hydrogen) atoms. The minimum absolute atomic E-state index is 0.134. The van der Waals surface area contributed by atoms with Crippen LogP contribution < -0.4 is 5.32 Å². The van der Waals surface area contributed by atoms with Crippen LogP contribution in [-0.2, 0) is 10.2 Å². The number of amides is 1. The van der Waals surface area contributed by atoms with Gasteiger partial charge >= 0.3 is 0 Å². The third-order valence-corrected chi connectivity index (χ3v) is 7.40. The lowest BCUT2D eigenvalue weighted by Crippen LogP contribution is -2.51. The summed E-state index contributed by atoms with van der Waals surface area (Å²) in [7, 11) is 0. The number of rotatable bonds is 5. The van der Waals surface area contributed by atoms with Crippen molar-refractivity contribution in [2.24, 2.45) is 0 Å². The van der Waals surface area contributed by atoms with Gasteiger partial charge in [-0.2, -0.15) is 5.10 Å². The highest BCUT2D eigenvalue weighted by molar-refractivity contribution is 6.04. The zero-order chi connectivity index (χ0) is 24.4. The first-order chi connectivity index (χ1) is 16.9. The fourth-order valence-electron chi connectivity index (χ4n) is 5.36. The smallest absolute Gasteiger partial charge is 0.255 e. The van der Waals surface area contributed by atoms with Crippen LogP contribution in [0.2, 0.25) is 0 Å². The fourth-order valence-corrected chi connectivity index (χ4v) is 5.36. The minimum Gasteiger partial charge on any atom is -0.378 e. The SMILES string of the molecule is C[C@@H]1C[C@H](N2CC[C@@](C)(c3cccc(NC(=O)c4cccc(-n5cccn5)c4)c3)CC2=N)CCO1. The second-order valence-corrected chi connectivity index (χ2v) is 10.0. The molecule has 182 valence electrons. The summed E-state index contributed by atoms with van der Waals surface area (Å²) in [6.07, 6.45) is 7.48. The Bertz CT molecular complexity index is 1210. The molecule has 0 spiro atoms. The average Bonchev–Trinajstić information content (AvgIpc) is 3.40. The maximum absolute atomic E-state index is 13.0. The maximum Gasteiger partial charge on any atom is 0.255 e. The zero-order valence-electron chi connectivity index (χ0n) is 20.4. The van der Waals surface area contributed by atoms with Crippen LogP contribution in [0.5, 0.6) is 0 Å². The molecule has 2 aliphatic heterocycles. The Morgan fingerprint density at radius 3 is 2.83 bits per heavy atom. The molecule has 3 atom stereocenters. The predicted molar refractivity (Wildman–Crippen MR) is 137 cm³/mol. The number of hydrogen-bond acceptors (Lipinski definition) is 4. The van der Waals surface area contributed by atoms with Crippen molar-refractivity contribution in [3.8, 4) is 5.69 Å². The molecule has 3 aromatic rings. The summed E-state index contributed by atoms with van der Waals surface area (Å²) in [5.41, 5.74) is 3.21. The molecule has 1 amide bonds. The third kappa shape index (κ3) is 5.00. The number of ether oxygens (including phenoxy) is 1. The van der Waals surface area contributed by atoms with Gasteiger partial charge in [-0.05, 0) is 68.1 Å². The van der Waals surface area contributed by atoms with Crippen molar-refractivity contribution in [2.45, 2.75) is 57.1 Å². The quantitative estimate of drug-likeness (QED) is 0.547. The Hall–Kier alpha value is -3.45. The van der Waals surface area contributed by atoms with E-state index in [0.29, 0.717) is 23.9 Å². The van der Waals surface area contributed by atoms with Crippen LogP contribution in [0.4, 0.5) is 5.69 Å². The Kier molecular flexibility index (Phi) is 6.43. The summed E-state index contributed by atoms with van der Waals surface area (Å²) < 4.78 is 7.45. The number of carbonyl (C=O) groups is 1. The number of piperidine rings is 1. The summed E-state index contributed by atoms with van der Waals surface area (Å²) in [6.45, 7) is 6.01. The monoisotopic (exact) mass is 471 g/mol. The Balaban J connectivity index is 1.28. The van der Waals surface area contributed by atoms with Crippen molar-refractivity contribution in [2.75, 3.05) is 18.5 Å². The number of anilines is 1. The molecule has 0 unspecified atom stereocenters. The van der Waals surface area contributed by atoms with Gasteiger partial charge in [0.2, 0.25) is 0 Å². The summed E-state index contributed by atoms with van der Waals surface area (Å²) in [6, 6.07) is 17.8. The van der Waals surface area contributed by atoms with Crippen LogP contribution in [0.1, 0.15) is 55.5 Å². The third-order valence-electron chi connectivity index (χ3n) is 7.40. The molecule has 0 bridgehead atoms. The van der Waals surface area contributed by atoms with Gasteiger partial charge in [0, 0.05) is 54.7 Å². The van der Waals surface area contributed by atoms with E-state index in [9.17, 15) is 4.79 Å². The van der Waals surface area contributed by atoms with Crippen LogP contribution in [-0.4, -0.2) is 51.7 Å². The van der Waals surface area contributed by atoms with Gasteiger partial charge in [0.15, 0.2) is 0 Å². The molecule has 7 heteroatoms. The molecule has 7 nitrogen and oxygen atoms in total. The van der Waals surface area contributed by atoms with E-state index in [1.165, 1.54) is 0 Å². The van der Waals surface area contributed by atoms with E-state index in [2.05, 4.69) is 41.3 Å². The normalized spacial score (nSPS) is 24.9. The molecule has 2 saturated heterocycles. The highest BCUT2D eigenvalue weighted by Crippen LogP contribution is 2.38. The Labute approximate surface area is 206 Å². The molecule has 0 aliphatic carbocycles. The number of nitrogens with zero attached hydrogens (tertiary/aromatic N) is 3. The number of hydrogen-bond donors (Lipinski definition) is 2. The second kappa shape index (κ2) is 9.66. The van der Waals surface area contributed by atoms with Crippen molar-refractivity contribution < 1.29 is 9.53 Å². The summed E-state index contributed by atoms with van der Waals surface area (Å²) >= 11 is 0. The number of amidine groups is 1. The number of nitrogens with one attached hydrogen (secondary N) is 2. The molecule has 0 radical (unpaired) electrons. The Morgan fingerprint density at radius 1 is 1.20 bits per heavy atom. The highest BCUT2D eigenvalue weighted by Gasteiger charge is 2.38. The molecule has 3 heterocycles. The first-order valence-electron chi connectivity index (χ1n) is 12.4. The van der Waals surface area contributed by atoms with Crippen molar-refractivity contribution in [1.82, 2.24) is 14.7 Å². The lowest BCUT2D eigenvalue weighted by atomic mass is 9.73. The first kappa shape index (κ1) is 23.3. The molecular weight excluding hydrogens is 438 g/mol. The highest BCUT2D eigenvalue weighted by atomic mass is 16.5. The van der Waals surface area contributed by atoms with Gasteiger partial charge in [-0.3, -0.25) is 10.2 Å². The minimum atomic E-state index is -0.155. The van der Waals surface area contributed by atoms with Gasteiger partial charge in [0.1, 0.15) is 0 Å². The largest absolute Gasteiger partial charge is 0.378 e. The lowest BCUT2D eigenvalue weighted by Gasteiger charge is -2.46. The molecule has 1 aromatic heterocycles. The summed E-state index contributed by atoms with van der Waals surface area (Å²) in [4.78, 5) is 15.3. The lowest BCUT2D eigenvalue weighted by molar-refractivity contribution is -0.00662. The molecule has 2 fully saturated rings. The summed E-state index contributed by atoms with van der Waals surface area (Å²) in [5, 5.41) is 16.1. The van der Waals surface area contributed by atoms with Gasteiger partial charge in [-0.1, -0.05) is 25.1 Å². The summed E-state index contributed by atoms with van der Waals surface area (Å²) in [5.74, 6) is 0.556. The van der Waals surface area contributed by atoms with Crippen LogP contribution in [0.3, 0.4) is 0 Å². The molecule has 5 rings (SSSR count). The van der Waals surface area contributed by atoms with E-state index in [0.717, 1.165) is 49.4 Å². The average molecular weight is 472 g/mol. The van der Waals surface area contributed by atoms with E-state index in [1.807, 2.05) is 48.7 Å². The number of likely N-dealkylation sites (tertiary alicyclic amines) is 1. The molecule has 2 aliphatic rings. The van der Waals surface area contributed by atoms with E-state index >= 15 is 0 Å². The Morgan fingerprint density at radius 2 is 2.06 bits per heavy atom. The van der Waals surface area contributed by atoms with E-state index in [-0.39, 0.29) is 17.4 Å². The van der Waals surface area contributed by atoms with E-state index in [1.54, 1.807) is 10.9 Å². The molecule has 0 saturated carbocycles. The maximum atomic E-state index is 13.0. The molecule has 2 aromatic carbocycles. The standard InChI is InChI=1S/C28H33N5O2/c1-20-16-24(10-15-35-20)32-14-11-28(2,19-26(32)29)22-7-4-8-23(18-22)31-27(34)21-6-3-9-25(17-21)33-13-5-12-30-33/h3-9,12-13,17-18,20,24,29H,10-11,14-16,19H2,1-2H3,(H,31,34)/t20-,24-,28-/m1/s1. The van der Waals surface area contributed by atoms with Gasteiger partial charge in [-0.25, -0.2) is 4.68 Å². The van der Waals surface area contributed by atoms with Crippen molar-refractivity contribution in [1.29, 1.82) is 5.41 Å². The molecule has 2 N–H and O–H groups in total. The fraction of sp³-hybridized carbons (Fsp3) is 0.393. The van der Waals surface area contributed by atoms with E-state index < -0.39 is 0 Å². The van der Waals surface area contributed by atoms with Gasteiger partial charge in [0.05, 0.1) is 17.6 Å². The van der Waals surface area contributed by atoms with Crippen LogP contribution in [0.25, 0.3) is 5.69 Å². The van der Waals surface area contributed by atoms with Gasteiger partial charge in [-0.15, -0.1) is 0 Å². The number of aromatic nitrogens is 2. The number of carbonyl (C=O) groups excluding carboxylic acids is 1. The van der Waals surface area contributed by atoms with E-state index in [4.69, 9.17) is 10.1 Å². The van der Waals surface area contributed by atoms with Crippen molar-refractivity contribution >= 4 is 17.4 Å². The molecular formula is C28H33N5O2. The number of benzene rings is 2. The zero-order valence-corrected chi connectivity index (χ0v) is 20.4. The van der Waals surface area contributed by atoms with Crippen LogP contribution in [0, 0.1) is 5.41 Å². The van der Waals surface area contributed by atoms with Gasteiger partial charge in [0.25, 0.3) is 5.91 Å². The van der Waals surface area contributed by atoms with Crippen molar-refractivity contribution in [3.63, 3.8) is 0 Å².